The van der Waals surface area contributed by atoms with E-state index in [0.29, 0.717) is 36.3 Å². The van der Waals surface area contributed by atoms with Crippen LogP contribution in [-0.2, 0) is 4.79 Å². The van der Waals surface area contributed by atoms with E-state index >= 15 is 0 Å². The second kappa shape index (κ2) is 6.89. The molecule has 1 saturated heterocycles. The van der Waals surface area contributed by atoms with Gasteiger partial charge in [0.15, 0.2) is 0 Å². The first kappa shape index (κ1) is 15.8. The normalized spacial score (nSPS) is 15.9. The number of aryl methyl sites for hydroxylation is 1. The molecule has 0 saturated carbocycles. The summed E-state index contributed by atoms with van der Waals surface area (Å²) in [6, 6.07) is 3.37. The van der Waals surface area contributed by atoms with Crippen molar-refractivity contribution in [2.24, 2.45) is 5.92 Å². The smallest absolute Gasteiger partial charge is 0.254 e. The molecule has 1 aliphatic heterocycles. The quantitative estimate of drug-likeness (QED) is 0.869. The van der Waals surface area contributed by atoms with Crippen molar-refractivity contribution in [3.8, 4) is 0 Å². The van der Waals surface area contributed by atoms with Gasteiger partial charge in [0.25, 0.3) is 5.91 Å². The number of amides is 2. The summed E-state index contributed by atoms with van der Waals surface area (Å²) in [5, 5.41) is 3.18. The maximum absolute atomic E-state index is 12.4. The van der Waals surface area contributed by atoms with E-state index in [0.717, 1.165) is 18.5 Å². The van der Waals surface area contributed by atoms with E-state index in [2.05, 4.69) is 10.3 Å². The van der Waals surface area contributed by atoms with Gasteiger partial charge in [0.2, 0.25) is 5.91 Å². The number of carbonyl (C=O) groups is 2. The number of rotatable bonds is 3. The number of piperidine rings is 1. The summed E-state index contributed by atoms with van der Waals surface area (Å²) < 4.78 is 0. The molecule has 1 aromatic rings. The van der Waals surface area contributed by atoms with Gasteiger partial charge in [-0.2, -0.15) is 0 Å². The molecule has 21 heavy (non-hydrogen) atoms. The average molecular weight is 310 g/mol. The van der Waals surface area contributed by atoms with Crippen molar-refractivity contribution in [3.05, 3.63) is 28.5 Å². The summed E-state index contributed by atoms with van der Waals surface area (Å²) >= 11 is 5.91. The predicted molar refractivity (Wildman–Crippen MR) is 81.3 cm³/mol. The Hall–Kier alpha value is -1.62. The molecule has 5 nitrogen and oxygen atoms in total. The average Bonchev–Trinajstić information content (AvgIpc) is 2.44. The van der Waals surface area contributed by atoms with Gasteiger partial charge in [-0.3, -0.25) is 9.59 Å². The zero-order chi connectivity index (χ0) is 15.4. The number of aromatic nitrogens is 1. The molecule has 1 aliphatic rings. The summed E-state index contributed by atoms with van der Waals surface area (Å²) in [7, 11) is 0. The fourth-order valence-electron chi connectivity index (χ4n) is 2.56. The monoisotopic (exact) mass is 309 g/mol. The van der Waals surface area contributed by atoms with Gasteiger partial charge in [-0.15, -0.1) is 0 Å². The SMILES string of the molecule is CC(=O)NCC1CCN(C(=O)c2cc(C)nc(Cl)c2)CC1. The van der Waals surface area contributed by atoms with Gasteiger partial charge in [-0.1, -0.05) is 11.6 Å². The van der Waals surface area contributed by atoms with E-state index in [4.69, 9.17) is 11.6 Å². The van der Waals surface area contributed by atoms with Crippen LogP contribution in [0.25, 0.3) is 0 Å². The van der Waals surface area contributed by atoms with E-state index in [1.807, 2.05) is 11.8 Å². The van der Waals surface area contributed by atoms with E-state index in [9.17, 15) is 9.59 Å². The van der Waals surface area contributed by atoms with Crippen molar-refractivity contribution in [3.63, 3.8) is 0 Å². The first-order valence-corrected chi connectivity index (χ1v) is 7.51. The first-order valence-electron chi connectivity index (χ1n) is 7.13. The molecule has 114 valence electrons. The lowest BCUT2D eigenvalue weighted by atomic mass is 9.96. The number of pyridine rings is 1. The molecule has 1 N–H and O–H groups in total. The molecule has 0 aromatic carbocycles. The number of nitrogens with zero attached hydrogens (tertiary/aromatic N) is 2. The van der Waals surface area contributed by atoms with E-state index in [1.54, 1.807) is 12.1 Å². The van der Waals surface area contributed by atoms with Gasteiger partial charge in [0, 0.05) is 37.8 Å². The Balaban J connectivity index is 1.92. The van der Waals surface area contributed by atoms with Crippen molar-refractivity contribution in [2.75, 3.05) is 19.6 Å². The zero-order valence-electron chi connectivity index (χ0n) is 12.4. The summed E-state index contributed by atoms with van der Waals surface area (Å²) in [5.74, 6) is 0.441. The van der Waals surface area contributed by atoms with Crippen molar-refractivity contribution < 1.29 is 9.59 Å². The molecule has 2 rings (SSSR count). The third kappa shape index (κ3) is 4.43. The number of hydrogen-bond acceptors (Lipinski definition) is 3. The summed E-state index contributed by atoms with van der Waals surface area (Å²) in [4.78, 5) is 29.3. The van der Waals surface area contributed by atoms with Crippen LogP contribution < -0.4 is 5.32 Å². The highest BCUT2D eigenvalue weighted by molar-refractivity contribution is 6.29. The van der Waals surface area contributed by atoms with Gasteiger partial charge in [0.05, 0.1) is 0 Å². The second-order valence-electron chi connectivity index (χ2n) is 5.49. The Bertz CT molecular complexity index is 519. The number of nitrogens with one attached hydrogen (secondary N) is 1. The lowest BCUT2D eigenvalue weighted by molar-refractivity contribution is -0.119. The maximum Gasteiger partial charge on any atom is 0.254 e. The third-order valence-electron chi connectivity index (χ3n) is 3.71. The van der Waals surface area contributed by atoms with Gasteiger partial charge in [-0.05, 0) is 37.8 Å². The Morgan fingerprint density at radius 3 is 2.62 bits per heavy atom. The van der Waals surface area contributed by atoms with Crippen LogP contribution in [0.3, 0.4) is 0 Å². The van der Waals surface area contributed by atoms with Gasteiger partial charge in [-0.25, -0.2) is 4.98 Å². The molecule has 0 unspecified atom stereocenters. The Kier molecular flexibility index (Phi) is 5.17. The van der Waals surface area contributed by atoms with Crippen molar-refractivity contribution in [2.45, 2.75) is 26.7 Å². The molecule has 0 spiro atoms. The van der Waals surface area contributed by atoms with Crippen LogP contribution in [0.5, 0.6) is 0 Å². The molecular weight excluding hydrogens is 290 g/mol. The van der Waals surface area contributed by atoms with Crippen LogP contribution in [0.2, 0.25) is 5.15 Å². The highest BCUT2D eigenvalue weighted by Crippen LogP contribution is 2.20. The van der Waals surface area contributed by atoms with Crippen molar-refractivity contribution in [1.29, 1.82) is 0 Å². The predicted octanol–water partition coefficient (Wildman–Crippen LogP) is 2.03. The number of carbonyl (C=O) groups excluding carboxylic acids is 2. The highest BCUT2D eigenvalue weighted by atomic mass is 35.5. The van der Waals surface area contributed by atoms with Gasteiger partial charge >= 0.3 is 0 Å². The molecule has 1 aromatic heterocycles. The van der Waals surface area contributed by atoms with Crippen LogP contribution >= 0.6 is 11.6 Å². The second-order valence-corrected chi connectivity index (χ2v) is 5.88. The molecule has 0 atom stereocenters. The summed E-state index contributed by atoms with van der Waals surface area (Å²) in [6.07, 6.45) is 1.81. The van der Waals surface area contributed by atoms with Crippen molar-refractivity contribution >= 4 is 23.4 Å². The molecule has 0 radical (unpaired) electrons. The zero-order valence-corrected chi connectivity index (χ0v) is 13.1. The summed E-state index contributed by atoms with van der Waals surface area (Å²) in [6.45, 7) is 5.46. The third-order valence-corrected chi connectivity index (χ3v) is 3.90. The first-order chi connectivity index (χ1) is 9.95. The van der Waals surface area contributed by atoms with Gasteiger partial charge in [0.1, 0.15) is 5.15 Å². The topological polar surface area (TPSA) is 62.3 Å². The Morgan fingerprint density at radius 2 is 2.05 bits per heavy atom. The van der Waals surface area contributed by atoms with E-state index in [-0.39, 0.29) is 11.8 Å². The molecule has 2 heterocycles. The fourth-order valence-corrected chi connectivity index (χ4v) is 2.81. The number of hydrogen-bond donors (Lipinski definition) is 1. The Labute approximate surface area is 129 Å². The van der Waals surface area contributed by atoms with Crippen LogP contribution in [0.15, 0.2) is 12.1 Å². The molecule has 0 aliphatic carbocycles. The van der Waals surface area contributed by atoms with E-state index < -0.39 is 0 Å². The molecule has 0 bridgehead atoms. The van der Waals surface area contributed by atoms with Crippen molar-refractivity contribution in [1.82, 2.24) is 15.2 Å². The number of halogens is 1. The van der Waals surface area contributed by atoms with Crippen LogP contribution in [0.1, 0.15) is 35.8 Å². The minimum Gasteiger partial charge on any atom is -0.356 e. The van der Waals surface area contributed by atoms with Crippen LogP contribution in [0.4, 0.5) is 0 Å². The molecular formula is C15H20ClN3O2. The lowest BCUT2D eigenvalue weighted by Gasteiger charge is -2.32. The van der Waals surface area contributed by atoms with Crippen LogP contribution in [-0.4, -0.2) is 41.3 Å². The molecule has 6 heteroatoms. The fraction of sp³-hybridized carbons (Fsp3) is 0.533. The standard InChI is InChI=1S/C15H20ClN3O2/c1-10-7-13(8-14(16)18-10)15(21)19-5-3-12(4-6-19)9-17-11(2)20/h7-8,12H,3-6,9H2,1-2H3,(H,17,20). The van der Waals surface area contributed by atoms with Gasteiger partial charge < -0.3 is 10.2 Å². The minimum absolute atomic E-state index is 0.000349. The molecule has 1 fully saturated rings. The maximum atomic E-state index is 12.4. The number of likely N-dealkylation sites (tertiary alicyclic amines) is 1. The van der Waals surface area contributed by atoms with Crippen LogP contribution in [0, 0.1) is 12.8 Å². The Morgan fingerprint density at radius 1 is 1.38 bits per heavy atom. The largest absolute Gasteiger partial charge is 0.356 e. The molecule has 2 amide bonds. The van der Waals surface area contributed by atoms with E-state index in [1.165, 1.54) is 6.92 Å². The highest BCUT2D eigenvalue weighted by Gasteiger charge is 2.24. The summed E-state index contributed by atoms with van der Waals surface area (Å²) in [5.41, 5.74) is 1.33. The minimum atomic E-state index is -0.00425. The lowest BCUT2D eigenvalue weighted by Crippen LogP contribution is -2.41.